The molecule has 0 amide bonds. The quantitative estimate of drug-likeness (QED) is 0.175. The first-order valence-electron chi connectivity index (χ1n) is 13.3. The Morgan fingerprint density at radius 2 is 0.800 bits per heavy atom. The standard InChI is InChI=1S/C32H34O8/c1-13-17-5-19(27(35)9-25(17)33)14(2)21-7-23(31(39)11-29(21)37)16(4)24-8-22(30(38)12-32(24)40)15(3)20-6-18(13)26(34)10-28(20)36/h5-17,25,33-40H,1-4H3. The summed E-state index contributed by atoms with van der Waals surface area (Å²) in [6.45, 7) is 7.15. The van der Waals surface area contributed by atoms with E-state index in [0.717, 1.165) is 0 Å². The van der Waals surface area contributed by atoms with E-state index in [-0.39, 0.29) is 40.3 Å². The largest absolute Gasteiger partial charge is 0.508 e. The van der Waals surface area contributed by atoms with Crippen molar-refractivity contribution >= 4 is 0 Å². The van der Waals surface area contributed by atoms with Crippen molar-refractivity contribution < 1.29 is 40.9 Å². The number of aromatic hydroxyl groups is 6. The van der Waals surface area contributed by atoms with Gasteiger partial charge in [-0.3, -0.25) is 0 Å². The molecule has 8 nitrogen and oxygen atoms in total. The molecule has 0 aliphatic heterocycles. The molecule has 8 N–H and O–H groups in total. The summed E-state index contributed by atoms with van der Waals surface area (Å²) >= 11 is 0. The molecule has 6 atom stereocenters. The number of fused-ring (bicyclic) bond motifs is 7. The fourth-order valence-electron chi connectivity index (χ4n) is 6.21. The summed E-state index contributed by atoms with van der Waals surface area (Å²) in [6.07, 6.45) is 1.98. The zero-order valence-corrected chi connectivity index (χ0v) is 22.7. The van der Waals surface area contributed by atoms with E-state index in [2.05, 4.69) is 0 Å². The fraction of sp³-hybridized carbons (Fsp3) is 0.312. The number of phenols is 6. The van der Waals surface area contributed by atoms with Crippen LogP contribution in [0.5, 0.6) is 34.5 Å². The van der Waals surface area contributed by atoms with E-state index in [0.29, 0.717) is 39.0 Å². The third-order valence-corrected chi connectivity index (χ3v) is 8.79. The molecule has 0 saturated heterocycles. The molecule has 0 spiro atoms. The molecule has 3 aromatic rings. The van der Waals surface area contributed by atoms with Crippen molar-refractivity contribution in [2.75, 3.05) is 0 Å². The van der Waals surface area contributed by atoms with Gasteiger partial charge in [-0.15, -0.1) is 0 Å². The van der Waals surface area contributed by atoms with Crippen LogP contribution in [-0.2, 0) is 0 Å². The van der Waals surface area contributed by atoms with E-state index in [1.807, 2.05) is 6.92 Å². The Labute approximate surface area is 232 Å². The van der Waals surface area contributed by atoms with Crippen molar-refractivity contribution in [3.05, 3.63) is 93.3 Å². The lowest BCUT2D eigenvalue weighted by atomic mass is 9.75. The molecule has 3 aromatic carbocycles. The molecule has 210 valence electrons. The summed E-state index contributed by atoms with van der Waals surface area (Å²) in [5, 5.41) is 86.7. The molecular weight excluding hydrogens is 512 g/mol. The van der Waals surface area contributed by atoms with Crippen LogP contribution in [0.1, 0.15) is 84.7 Å². The van der Waals surface area contributed by atoms with Gasteiger partial charge in [-0.05, 0) is 41.3 Å². The Hall–Kier alpha value is -4.30. The molecule has 8 heteroatoms. The second-order valence-electron chi connectivity index (χ2n) is 11.1. The number of hydrogen-bond acceptors (Lipinski definition) is 8. The maximum atomic E-state index is 10.9. The van der Waals surface area contributed by atoms with Crippen molar-refractivity contribution in [3.63, 3.8) is 0 Å². The maximum absolute atomic E-state index is 10.9. The van der Waals surface area contributed by atoms with E-state index in [9.17, 15) is 40.9 Å². The van der Waals surface area contributed by atoms with Gasteiger partial charge in [0.15, 0.2) is 0 Å². The van der Waals surface area contributed by atoms with Crippen molar-refractivity contribution in [2.45, 2.75) is 57.5 Å². The van der Waals surface area contributed by atoms with Crippen molar-refractivity contribution in [1.82, 2.24) is 0 Å². The fourth-order valence-corrected chi connectivity index (χ4v) is 6.21. The number of phenolic OH excluding ortho intramolecular Hbond substituents is 6. The highest BCUT2D eigenvalue weighted by Crippen LogP contribution is 2.49. The van der Waals surface area contributed by atoms with Crippen LogP contribution in [0, 0.1) is 5.92 Å². The first-order valence-corrected chi connectivity index (χ1v) is 13.3. The number of benzene rings is 3. The van der Waals surface area contributed by atoms with Crippen molar-refractivity contribution in [1.29, 1.82) is 0 Å². The Morgan fingerprint density at radius 3 is 1.23 bits per heavy atom. The number of aliphatic hydroxyl groups excluding tert-OH is 2. The van der Waals surface area contributed by atoms with E-state index in [1.54, 1.807) is 45.0 Å². The number of aliphatic hydroxyl groups is 2. The first-order chi connectivity index (χ1) is 18.8. The second kappa shape index (κ2) is 9.71. The first kappa shape index (κ1) is 27.3. The highest BCUT2D eigenvalue weighted by atomic mass is 16.3. The Bertz CT molecular complexity index is 1570. The van der Waals surface area contributed by atoms with Gasteiger partial charge in [-0.2, -0.15) is 0 Å². The summed E-state index contributed by atoms with van der Waals surface area (Å²) in [5.74, 6) is -4.04. The molecule has 8 bridgehead atoms. The van der Waals surface area contributed by atoms with Crippen LogP contribution in [-0.4, -0.2) is 47.0 Å². The third-order valence-electron chi connectivity index (χ3n) is 8.79. The molecule has 2 aliphatic carbocycles. The Morgan fingerprint density at radius 1 is 0.450 bits per heavy atom. The lowest BCUT2D eigenvalue weighted by molar-refractivity contribution is 0.154. The predicted octanol–water partition coefficient (Wildman–Crippen LogP) is 5.80. The molecule has 0 radical (unpaired) electrons. The minimum Gasteiger partial charge on any atom is -0.508 e. The zero-order chi connectivity index (χ0) is 29.2. The van der Waals surface area contributed by atoms with E-state index in [4.69, 9.17) is 0 Å². The topological polar surface area (TPSA) is 162 Å². The monoisotopic (exact) mass is 546 g/mol. The van der Waals surface area contributed by atoms with Crippen LogP contribution in [0.2, 0.25) is 0 Å². The van der Waals surface area contributed by atoms with Gasteiger partial charge in [-0.1, -0.05) is 33.8 Å². The average molecular weight is 547 g/mol. The van der Waals surface area contributed by atoms with Crippen LogP contribution in [0.15, 0.2) is 59.9 Å². The van der Waals surface area contributed by atoms with Crippen LogP contribution < -0.4 is 0 Å². The summed E-state index contributed by atoms with van der Waals surface area (Å²) in [5.41, 5.74) is 2.97. The smallest absolute Gasteiger partial charge is 0.123 e. The Kier molecular flexibility index (Phi) is 6.62. The van der Waals surface area contributed by atoms with Gasteiger partial charge in [0.2, 0.25) is 0 Å². The minimum absolute atomic E-state index is 0.142. The number of allylic oxidation sites excluding steroid dienone is 1. The summed E-state index contributed by atoms with van der Waals surface area (Å²) < 4.78 is 0. The summed E-state index contributed by atoms with van der Waals surface area (Å²) in [6, 6.07) is 8.56. The van der Waals surface area contributed by atoms with Gasteiger partial charge in [0.05, 0.1) is 6.10 Å². The predicted molar refractivity (Wildman–Crippen MR) is 149 cm³/mol. The lowest BCUT2D eigenvalue weighted by Crippen LogP contribution is -2.27. The van der Waals surface area contributed by atoms with Crippen molar-refractivity contribution in [2.24, 2.45) is 5.92 Å². The molecular formula is C32H34O8. The number of rotatable bonds is 0. The second-order valence-corrected chi connectivity index (χ2v) is 11.1. The van der Waals surface area contributed by atoms with Crippen molar-refractivity contribution in [3.8, 4) is 34.5 Å². The zero-order valence-electron chi connectivity index (χ0n) is 22.7. The molecule has 6 unspecified atom stereocenters. The van der Waals surface area contributed by atoms with Crippen LogP contribution in [0.3, 0.4) is 0 Å². The molecule has 0 saturated carbocycles. The molecule has 0 heterocycles. The van der Waals surface area contributed by atoms with E-state index in [1.165, 1.54) is 24.3 Å². The van der Waals surface area contributed by atoms with Crippen LogP contribution in [0.25, 0.3) is 0 Å². The highest BCUT2D eigenvalue weighted by Gasteiger charge is 2.34. The molecule has 0 fully saturated rings. The van der Waals surface area contributed by atoms with Crippen LogP contribution >= 0.6 is 0 Å². The van der Waals surface area contributed by atoms with Gasteiger partial charge in [0.1, 0.15) is 40.3 Å². The van der Waals surface area contributed by atoms with Gasteiger partial charge >= 0.3 is 0 Å². The van der Waals surface area contributed by atoms with Gasteiger partial charge in [0.25, 0.3) is 0 Å². The van der Waals surface area contributed by atoms with E-state index >= 15 is 0 Å². The number of hydrogen-bond donors (Lipinski definition) is 8. The third kappa shape index (κ3) is 4.29. The molecule has 2 aliphatic rings. The molecule has 0 aromatic heterocycles. The highest BCUT2D eigenvalue weighted by molar-refractivity contribution is 5.59. The normalized spacial score (nSPS) is 26.1. The van der Waals surface area contributed by atoms with Gasteiger partial charge < -0.3 is 40.9 Å². The van der Waals surface area contributed by atoms with Crippen LogP contribution in [0.4, 0.5) is 0 Å². The lowest BCUT2D eigenvalue weighted by Gasteiger charge is -2.32. The molecule has 5 rings (SSSR count). The maximum Gasteiger partial charge on any atom is 0.123 e. The SMILES string of the molecule is CC1C2=CC(C(O)C=C2O)C(C)c2cc(c(O)cc2O)C(C)c2cc(c(O)cc2O)C(C)c2cc1c(O)cc2O. The van der Waals surface area contributed by atoms with Gasteiger partial charge in [0, 0.05) is 69.7 Å². The summed E-state index contributed by atoms with van der Waals surface area (Å²) in [4.78, 5) is 0. The Balaban J connectivity index is 1.83. The van der Waals surface area contributed by atoms with Gasteiger partial charge in [-0.25, -0.2) is 0 Å². The van der Waals surface area contributed by atoms with E-state index < -0.39 is 35.7 Å². The molecule has 40 heavy (non-hydrogen) atoms. The summed E-state index contributed by atoms with van der Waals surface area (Å²) in [7, 11) is 0. The average Bonchev–Trinajstić information content (AvgIpc) is 2.87. The minimum atomic E-state index is -1.08.